The normalized spacial score (nSPS) is 48.1. The Morgan fingerprint density at radius 3 is 2.64 bits per heavy atom. The van der Waals surface area contributed by atoms with Gasteiger partial charge in [0.2, 0.25) is 5.78 Å². The molecule has 4 saturated carbocycles. The van der Waals surface area contributed by atoms with Crippen molar-refractivity contribution in [2.45, 2.75) is 101 Å². The van der Waals surface area contributed by atoms with Gasteiger partial charge in [-0.1, -0.05) is 18.6 Å². The third-order valence-corrected chi connectivity index (χ3v) is 10.7. The van der Waals surface area contributed by atoms with Crippen LogP contribution in [0.5, 0.6) is 0 Å². The maximum absolute atomic E-state index is 17.4. The van der Waals surface area contributed by atoms with E-state index in [9.17, 15) is 19.5 Å². The van der Waals surface area contributed by atoms with Gasteiger partial charge in [-0.3, -0.25) is 14.4 Å². The lowest BCUT2D eigenvalue weighted by molar-refractivity contribution is -0.253. The summed E-state index contributed by atoms with van der Waals surface area (Å²) in [5.41, 5.74) is -4.72. The second-order valence-corrected chi connectivity index (χ2v) is 12.3. The molecule has 1 saturated heterocycles. The van der Waals surface area contributed by atoms with Crippen molar-refractivity contribution in [3.63, 3.8) is 0 Å². The molecule has 6 aliphatic rings. The first-order chi connectivity index (χ1) is 16.9. The van der Waals surface area contributed by atoms with Gasteiger partial charge >= 0.3 is 5.97 Å². The van der Waals surface area contributed by atoms with Crippen molar-refractivity contribution in [1.29, 1.82) is 0 Å². The zero-order chi connectivity index (χ0) is 25.7. The number of ketones is 2. The summed E-state index contributed by atoms with van der Waals surface area (Å²) in [6, 6.07) is 0. The van der Waals surface area contributed by atoms with Crippen LogP contribution >= 0.6 is 0 Å². The number of alkyl halides is 1. The van der Waals surface area contributed by atoms with E-state index in [1.54, 1.807) is 13.0 Å². The van der Waals surface area contributed by atoms with Crippen LogP contribution in [0, 0.1) is 22.7 Å². The zero-order valence-corrected chi connectivity index (χ0v) is 21.2. The number of esters is 1. The van der Waals surface area contributed by atoms with Crippen molar-refractivity contribution in [1.82, 2.24) is 0 Å². The fourth-order valence-electron chi connectivity index (χ4n) is 9.04. The third-order valence-electron chi connectivity index (χ3n) is 10.7. The van der Waals surface area contributed by atoms with E-state index >= 15 is 4.39 Å². The average molecular weight is 503 g/mol. The second-order valence-electron chi connectivity index (χ2n) is 12.3. The van der Waals surface area contributed by atoms with Crippen molar-refractivity contribution >= 4 is 17.5 Å². The minimum atomic E-state index is -2.00. The molecular weight excluding hydrogens is 467 g/mol. The van der Waals surface area contributed by atoms with E-state index in [0.29, 0.717) is 37.7 Å². The van der Waals surface area contributed by atoms with Crippen molar-refractivity contribution in [2.24, 2.45) is 22.7 Å². The summed E-state index contributed by atoms with van der Waals surface area (Å²) in [6.45, 7) is 4.52. The number of hydrogen-bond donors (Lipinski definition) is 1. The fourth-order valence-corrected chi connectivity index (χ4v) is 9.04. The number of aliphatic hydroxyl groups is 1. The molecule has 1 heterocycles. The van der Waals surface area contributed by atoms with Gasteiger partial charge in [0.25, 0.3) is 0 Å². The molecule has 0 amide bonds. The largest absolute Gasteiger partial charge is 0.458 e. The van der Waals surface area contributed by atoms with Crippen LogP contribution in [0.15, 0.2) is 23.8 Å². The first-order valence-electron chi connectivity index (χ1n) is 13.3. The van der Waals surface area contributed by atoms with Gasteiger partial charge in [-0.05, 0) is 63.5 Å². The van der Waals surface area contributed by atoms with Crippen LogP contribution in [-0.4, -0.2) is 58.5 Å². The molecule has 1 unspecified atom stereocenters. The van der Waals surface area contributed by atoms with Crippen molar-refractivity contribution in [3.05, 3.63) is 23.8 Å². The minimum Gasteiger partial charge on any atom is -0.458 e. The fraction of sp³-hybridized carbons (Fsp3) is 0.750. The molecule has 1 aliphatic heterocycles. The Hall–Kier alpha value is -1.90. The summed E-state index contributed by atoms with van der Waals surface area (Å²) in [7, 11) is 0. The number of Topliss-reactive ketones (excluding diaryl/α,β-unsaturated/α-hetero) is 1. The van der Waals surface area contributed by atoms with E-state index in [4.69, 9.17) is 14.2 Å². The molecule has 0 aromatic rings. The van der Waals surface area contributed by atoms with Crippen molar-refractivity contribution in [2.75, 3.05) is 6.61 Å². The Bertz CT molecular complexity index is 1090. The van der Waals surface area contributed by atoms with E-state index in [1.165, 1.54) is 19.1 Å². The highest BCUT2D eigenvalue weighted by molar-refractivity contribution is 6.01. The molecule has 1 N–H and O–H groups in total. The number of aliphatic hydroxyl groups excluding tert-OH is 1. The number of halogens is 1. The first-order valence-corrected chi connectivity index (χ1v) is 13.3. The Morgan fingerprint density at radius 1 is 1.22 bits per heavy atom. The standard InChI is InChI=1S/C28H35FO7/c1-16(30)34-15-22(33)28-23(35-26(36-28)9-4-5-10-26)13-20-19-7-6-17-12-18(31)8-11-24(17,2)27(19,29)21(32)14-25(20,28)3/h8,11-12,19-21,23,32H,4-7,9-10,13-15H2,1-3H3/t19-,20+,21-,23-,24-,25-,27+,28?/m0/s1. The second kappa shape index (κ2) is 7.58. The molecule has 0 aromatic heterocycles. The molecule has 0 bridgehead atoms. The van der Waals surface area contributed by atoms with Crippen LogP contribution in [-0.2, 0) is 28.6 Å². The predicted molar refractivity (Wildman–Crippen MR) is 125 cm³/mol. The van der Waals surface area contributed by atoms with Gasteiger partial charge in [0, 0.05) is 36.5 Å². The predicted octanol–water partition coefficient (Wildman–Crippen LogP) is 3.52. The van der Waals surface area contributed by atoms with E-state index in [0.717, 1.165) is 12.8 Å². The molecule has 196 valence electrons. The smallest absolute Gasteiger partial charge is 0.303 e. The van der Waals surface area contributed by atoms with Crippen molar-refractivity contribution < 1.29 is 38.1 Å². The van der Waals surface area contributed by atoms with E-state index in [1.807, 2.05) is 6.92 Å². The van der Waals surface area contributed by atoms with Gasteiger partial charge in [-0.25, -0.2) is 4.39 Å². The molecule has 7 nitrogen and oxygen atoms in total. The van der Waals surface area contributed by atoms with Crippen molar-refractivity contribution in [3.8, 4) is 0 Å². The third kappa shape index (κ3) is 2.81. The Morgan fingerprint density at radius 2 is 1.94 bits per heavy atom. The number of carbonyl (C=O) groups is 3. The van der Waals surface area contributed by atoms with Gasteiger partial charge in [-0.2, -0.15) is 0 Å². The number of rotatable bonds is 3. The monoisotopic (exact) mass is 502 g/mol. The highest BCUT2D eigenvalue weighted by atomic mass is 19.1. The number of carbonyl (C=O) groups excluding carboxylic acids is 3. The highest BCUT2D eigenvalue weighted by Gasteiger charge is 2.80. The maximum Gasteiger partial charge on any atom is 0.303 e. The maximum atomic E-state index is 17.4. The number of ether oxygens (including phenoxy) is 3. The molecule has 8 atom stereocenters. The van der Waals surface area contributed by atoms with Gasteiger partial charge < -0.3 is 19.3 Å². The molecule has 5 aliphatic carbocycles. The Kier molecular flexibility index (Phi) is 5.14. The van der Waals surface area contributed by atoms with E-state index in [2.05, 4.69) is 0 Å². The molecule has 0 aromatic carbocycles. The van der Waals surface area contributed by atoms with Crippen LogP contribution in [0.3, 0.4) is 0 Å². The van der Waals surface area contributed by atoms with Gasteiger partial charge in [0.1, 0.15) is 0 Å². The molecular formula is C28H35FO7. The molecule has 8 heteroatoms. The Labute approximate surface area is 210 Å². The molecule has 0 radical (unpaired) electrons. The average Bonchev–Trinajstić information content (AvgIpc) is 3.47. The summed E-state index contributed by atoms with van der Waals surface area (Å²) in [5, 5.41) is 11.6. The molecule has 6 rings (SSSR count). The summed E-state index contributed by atoms with van der Waals surface area (Å²) < 4.78 is 35.8. The summed E-state index contributed by atoms with van der Waals surface area (Å²) >= 11 is 0. The van der Waals surface area contributed by atoms with Gasteiger partial charge in [0.05, 0.1) is 12.2 Å². The van der Waals surface area contributed by atoms with Gasteiger partial charge in [0.15, 0.2) is 29.4 Å². The van der Waals surface area contributed by atoms with Crippen LogP contribution in [0.1, 0.15) is 72.1 Å². The minimum absolute atomic E-state index is 0.0110. The first kappa shape index (κ1) is 24.4. The molecule has 1 spiro atoms. The topological polar surface area (TPSA) is 99.1 Å². The number of hydrogen-bond acceptors (Lipinski definition) is 7. The lowest BCUT2D eigenvalue weighted by atomic mass is 9.44. The summed E-state index contributed by atoms with van der Waals surface area (Å²) in [5.74, 6) is -2.80. The highest BCUT2D eigenvalue weighted by Crippen LogP contribution is 2.73. The summed E-state index contributed by atoms with van der Waals surface area (Å²) in [6.07, 6.45) is 7.23. The summed E-state index contributed by atoms with van der Waals surface area (Å²) in [4.78, 5) is 37.5. The van der Waals surface area contributed by atoms with E-state index in [-0.39, 0.29) is 23.9 Å². The van der Waals surface area contributed by atoms with Crippen LogP contribution < -0.4 is 0 Å². The molecule has 5 fully saturated rings. The Balaban J connectivity index is 1.44. The van der Waals surface area contributed by atoms with Crippen LogP contribution in [0.4, 0.5) is 4.39 Å². The quantitative estimate of drug-likeness (QED) is 0.590. The molecule has 36 heavy (non-hydrogen) atoms. The zero-order valence-electron chi connectivity index (χ0n) is 21.2. The van der Waals surface area contributed by atoms with Crippen LogP contribution in [0.2, 0.25) is 0 Å². The van der Waals surface area contributed by atoms with E-state index < -0.39 is 58.6 Å². The SMILES string of the molecule is CC(=O)OCC(=O)C12OC3(CCCC3)O[C@H]1C[C@@H]1[C@@H]3CCC4=CC(=O)C=C[C@]4(C)[C@]3(F)[C@@H](O)C[C@@]12C. The van der Waals surface area contributed by atoms with Gasteiger partial charge in [-0.15, -0.1) is 0 Å². The van der Waals surface area contributed by atoms with Crippen LogP contribution in [0.25, 0.3) is 0 Å². The number of fused-ring (bicyclic) bond motifs is 7. The lowest BCUT2D eigenvalue weighted by Gasteiger charge is -2.62. The lowest BCUT2D eigenvalue weighted by Crippen LogP contribution is -2.70. The number of allylic oxidation sites excluding steroid dienone is 4.